The lowest BCUT2D eigenvalue weighted by Gasteiger charge is -2.36. The van der Waals surface area contributed by atoms with Gasteiger partial charge in [-0.2, -0.15) is 0 Å². The highest BCUT2D eigenvalue weighted by Crippen LogP contribution is 2.32. The molecule has 0 aromatic heterocycles. The van der Waals surface area contributed by atoms with Crippen LogP contribution in [0.3, 0.4) is 0 Å². The molecule has 15 heavy (non-hydrogen) atoms. The Morgan fingerprint density at radius 3 is 2.47 bits per heavy atom. The summed E-state index contributed by atoms with van der Waals surface area (Å²) in [7, 11) is 4.39. The summed E-state index contributed by atoms with van der Waals surface area (Å²) in [6, 6.07) is 0. The van der Waals surface area contributed by atoms with Gasteiger partial charge in [0.25, 0.3) is 0 Å². The van der Waals surface area contributed by atoms with Gasteiger partial charge in [0.15, 0.2) is 0 Å². The zero-order chi connectivity index (χ0) is 11.1. The van der Waals surface area contributed by atoms with Gasteiger partial charge >= 0.3 is 0 Å². The summed E-state index contributed by atoms with van der Waals surface area (Å²) in [5, 5.41) is 3.50. The zero-order valence-electron chi connectivity index (χ0n) is 9.93. The molecule has 0 atom stereocenters. The van der Waals surface area contributed by atoms with E-state index in [-0.39, 0.29) is 0 Å². The molecule has 88 valence electrons. The molecular weight excluding hydrogens is 208 g/mol. The topological polar surface area (TPSA) is 15.3 Å². The highest BCUT2D eigenvalue weighted by molar-refractivity contribution is 6.18. The molecule has 1 aliphatic rings. The van der Waals surface area contributed by atoms with Gasteiger partial charge in [0, 0.05) is 24.5 Å². The Kier molecular flexibility index (Phi) is 5.65. The highest BCUT2D eigenvalue weighted by atomic mass is 35.5. The first-order valence-electron chi connectivity index (χ1n) is 5.80. The van der Waals surface area contributed by atoms with Gasteiger partial charge in [0.1, 0.15) is 0 Å². The SMILES string of the molecule is CN(C)C1(CNC/C=C/CCl)CCCC1. The summed E-state index contributed by atoms with van der Waals surface area (Å²) in [5.74, 6) is 0.612. The molecule has 0 spiro atoms. The largest absolute Gasteiger partial charge is 0.311 e. The van der Waals surface area contributed by atoms with Crippen molar-refractivity contribution in [2.75, 3.05) is 33.1 Å². The third-order valence-electron chi connectivity index (χ3n) is 3.45. The lowest BCUT2D eigenvalue weighted by atomic mass is 9.96. The number of hydrogen-bond donors (Lipinski definition) is 1. The third-order valence-corrected chi connectivity index (χ3v) is 3.63. The first-order valence-corrected chi connectivity index (χ1v) is 6.34. The van der Waals surface area contributed by atoms with Gasteiger partial charge in [-0.25, -0.2) is 0 Å². The number of nitrogens with one attached hydrogen (secondary N) is 1. The summed E-state index contributed by atoms with van der Waals surface area (Å²) in [6.45, 7) is 2.02. The van der Waals surface area contributed by atoms with Gasteiger partial charge in [-0.15, -0.1) is 11.6 Å². The van der Waals surface area contributed by atoms with E-state index in [4.69, 9.17) is 11.6 Å². The Labute approximate surface area is 98.7 Å². The molecule has 1 saturated carbocycles. The summed E-state index contributed by atoms with van der Waals surface area (Å²) < 4.78 is 0. The summed E-state index contributed by atoms with van der Waals surface area (Å²) in [5.41, 5.74) is 0.398. The predicted octanol–water partition coefficient (Wildman–Crippen LogP) is 2.25. The molecule has 0 heterocycles. The molecule has 0 bridgehead atoms. The number of likely N-dealkylation sites (N-methyl/N-ethyl adjacent to an activating group) is 1. The first-order chi connectivity index (χ1) is 7.21. The fourth-order valence-electron chi connectivity index (χ4n) is 2.35. The van der Waals surface area contributed by atoms with Crippen LogP contribution >= 0.6 is 11.6 Å². The van der Waals surface area contributed by atoms with Crippen molar-refractivity contribution in [1.29, 1.82) is 0 Å². The molecule has 0 aromatic rings. The molecule has 0 aromatic carbocycles. The fraction of sp³-hybridized carbons (Fsp3) is 0.833. The minimum atomic E-state index is 0.398. The number of allylic oxidation sites excluding steroid dienone is 1. The normalized spacial score (nSPS) is 20.5. The summed E-state index contributed by atoms with van der Waals surface area (Å²) in [4.78, 5) is 2.39. The van der Waals surface area contributed by atoms with E-state index >= 15 is 0 Å². The highest BCUT2D eigenvalue weighted by Gasteiger charge is 2.35. The van der Waals surface area contributed by atoms with Crippen LogP contribution in [0.4, 0.5) is 0 Å². The number of rotatable bonds is 6. The number of halogens is 1. The molecule has 0 radical (unpaired) electrons. The second-order valence-corrected chi connectivity index (χ2v) is 4.89. The van der Waals surface area contributed by atoms with Crippen LogP contribution < -0.4 is 5.32 Å². The van der Waals surface area contributed by atoms with Crippen molar-refractivity contribution in [3.63, 3.8) is 0 Å². The smallest absolute Gasteiger partial charge is 0.0404 e. The molecule has 2 nitrogen and oxygen atoms in total. The van der Waals surface area contributed by atoms with Crippen LogP contribution in [0.2, 0.25) is 0 Å². The standard InChI is InChI=1S/C12H23ClN2/c1-15(2)12(7-3-4-8-12)11-14-10-6-5-9-13/h5-6,14H,3-4,7-11H2,1-2H3/b6-5+. The number of alkyl halides is 1. The van der Waals surface area contributed by atoms with Crippen LogP contribution in [-0.2, 0) is 0 Å². The Bertz CT molecular complexity index is 196. The van der Waals surface area contributed by atoms with Crippen molar-refractivity contribution in [3.05, 3.63) is 12.2 Å². The Hall–Kier alpha value is -0.0500. The van der Waals surface area contributed by atoms with Crippen LogP contribution in [0.1, 0.15) is 25.7 Å². The van der Waals surface area contributed by atoms with E-state index < -0.39 is 0 Å². The van der Waals surface area contributed by atoms with Crippen LogP contribution in [0.25, 0.3) is 0 Å². The molecule has 1 aliphatic carbocycles. The van der Waals surface area contributed by atoms with Gasteiger partial charge in [-0.1, -0.05) is 25.0 Å². The average molecular weight is 231 g/mol. The molecule has 1 fully saturated rings. The van der Waals surface area contributed by atoms with E-state index in [1.165, 1.54) is 25.7 Å². The van der Waals surface area contributed by atoms with E-state index in [2.05, 4.69) is 30.4 Å². The molecule has 0 saturated heterocycles. The van der Waals surface area contributed by atoms with Crippen molar-refractivity contribution in [2.45, 2.75) is 31.2 Å². The lowest BCUT2D eigenvalue weighted by Crippen LogP contribution is -2.49. The van der Waals surface area contributed by atoms with E-state index in [1.54, 1.807) is 0 Å². The maximum absolute atomic E-state index is 5.56. The first kappa shape index (κ1) is 13.0. The quantitative estimate of drug-likeness (QED) is 0.428. The van der Waals surface area contributed by atoms with Crippen molar-refractivity contribution in [1.82, 2.24) is 10.2 Å². The Morgan fingerprint density at radius 2 is 1.93 bits per heavy atom. The van der Waals surface area contributed by atoms with Crippen molar-refractivity contribution < 1.29 is 0 Å². The number of nitrogens with zero attached hydrogens (tertiary/aromatic N) is 1. The van der Waals surface area contributed by atoms with Gasteiger partial charge in [-0.3, -0.25) is 0 Å². The maximum atomic E-state index is 5.56. The molecule has 3 heteroatoms. The van der Waals surface area contributed by atoms with Gasteiger partial charge in [0.2, 0.25) is 0 Å². The average Bonchev–Trinajstić information content (AvgIpc) is 2.67. The lowest BCUT2D eigenvalue weighted by molar-refractivity contribution is 0.155. The van der Waals surface area contributed by atoms with E-state index in [0.29, 0.717) is 11.4 Å². The molecule has 0 unspecified atom stereocenters. The second kappa shape index (κ2) is 6.51. The molecule has 0 amide bonds. The molecular formula is C12H23ClN2. The van der Waals surface area contributed by atoms with Crippen molar-refractivity contribution in [3.8, 4) is 0 Å². The van der Waals surface area contributed by atoms with Crippen LogP contribution in [0.15, 0.2) is 12.2 Å². The monoisotopic (exact) mass is 230 g/mol. The zero-order valence-corrected chi connectivity index (χ0v) is 10.7. The van der Waals surface area contributed by atoms with Crippen molar-refractivity contribution in [2.24, 2.45) is 0 Å². The third kappa shape index (κ3) is 3.78. The summed E-state index contributed by atoms with van der Waals surface area (Å²) in [6.07, 6.45) is 9.49. The van der Waals surface area contributed by atoms with Crippen molar-refractivity contribution >= 4 is 11.6 Å². The van der Waals surface area contributed by atoms with Crippen LogP contribution in [-0.4, -0.2) is 43.5 Å². The molecule has 1 N–H and O–H groups in total. The number of hydrogen-bond acceptors (Lipinski definition) is 2. The minimum absolute atomic E-state index is 0.398. The van der Waals surface area contributed by atoms with E-state index in [1.807, 2.05) is 6.08 Å². The Balaban J connectivity index is 2.30. The summed E-state index contributed by atoms with van der Waals surface area (Å²) >= 11 is 5.56. The predicted molar refractivity (Wildman–Crippen MR) is 67.6 cm³/mol. The molecule has 1 rings (SSSR count). The van der Waals surface area contributed by atoms with E-state index in [0.717, 1.165) is 13.1 Å². The Morgan fingerprint density at radius 1 is 1.27 bits per heavy atom. The van der Waals surface area contributed by atoms with Crippen LogP contribution in [0, 0.1) is 0 Å². The minimum Gasteiger partial charge on any atom is -0.311 e. The second-order valence-electron chi connectivity index (χ2n) is 4.58. The van der Waals surface area contributed by atoms with Gasteiger partial charge < -0.3 is 10.2 Å². The van der Waals surface area contributed by atoms with Gasteiger partial charge in [0.05, 0.1) is 0 Å². The van der Waals surface area contributed by atoms with E-state index in [9.17, 15) is 0 Å². The fourth-order valence-corrected chi connectivity index (χ4v) is 2.48. The molecule has 0 aliphatic heterocycles. The maximum Gasteiger partial charge on any atom is 0.0404 e. The van der Waals surface area contributed by atoms with Gasteiger partial charge in [-0.05, 0) is 26.9 Å². The van der Waals surface area contributed by atoms with Crippen LogP contribution in [0.5, 0.6) is 0 Å².